The molecule has 1 saturated heterocycles. The van der Waals surface area contributed by atoms with Crippen molar-refractivity contribution in [2.24, 2.45) is 5.41 Å². The summed E-state index contributed by atoms with van der Waals surface area (Å²) in [5, 5.41) is 9.88. The van der Waals surface area contributed by atoms with Crippen LogP contribution in [0, 0.1) is 5.41 Å². The molecule has 78 valence electrons. The highest BCUT2D eigenvalue weighted by molar-refractivity contribution is 8.00. The van der Waals surface area contributed by atoms with Crippen LogP contribution < -0.4 is 0 Å². The van der Waals surface area contributed by atoms with Crippen LogP contribution in [-0.4, -0.2) is 34.5 Å². The average Bonchev–Trinajstić information content (AvgIpc) is 1.93. The Balaban J connectivity index is 3.13. The van der Waals surface area contributed by atoms with Crippen LogP contribution in [0.25, 0.3) is 0 Å². The molecule has 1 heterocycles. The maximum Gasteiger partial charge on any atom is 0.296 e. The van der Waals surface area contributed by atoms with E-state index in [1.807, 2.05) is 0 Å². The molecule has 1 atom stereocenters. The van der Waals surface area contributed by atoms with Crippen molar-refractivity contribution in [3.8, 4) is 0 Å². The molecule has 1 fully saturated rings. The molecule has 0 saturated carbocycles. The highest BCUT2D eigenvalue weighted by Crippen LogP contribution is 2.44. The number of hydrogen-bond acceptors (Lipinski definition) is 4. The molecule has 0 amide bonds. The zero-order valence-electron chi connectivity index (χ0n) is 7.65. The Kier molecular flexibility index (Phi) is 2.71. The lowest BCUT2D eigenvalue weighted by atomic mass is 9.83. The Morgan fingerprint density at radius 2 is 1.92 bits per heavy atom. The summed E-state index contributed by atoms with van der Waals surface area (Å²) in [6.07, 6.45) is 0.577. The summed E-state index contributed by atoms with van der Waals surface area (Å²) in [6.45, 7) is 3.31. The molecule has 13 heavy (non-hydrogen) atoms. The third-order valence-corrected chi connectivity index (χ3v) is 5.50. The average molecular weight is 226 g/mol. The van der Waals surface area contributed by atoms with Crippen LogP contribution >= 0.6 is 11.8 Å². The van der Waals surface area contributed by atoms with E-state index in [1.165, 1.54) is 11.8 Å². The summed E-state index contributed by atoms with van der Waals surface area (Å²) in [5.41, 5.74) is -0.786. The highest BCUT2D eigenvalue weighted by atomic mass is 32.2. The predicted octanol–water partition coefficient (Wildman–Crippen LogP) is 0.726. The van der Waals surface area contributed by atoms with E-state index in [4.69, 9.17) is 4.55 Å². The van der Waals surface area contributed by atoms with Crippen LogP contribution in [0.1, 0.15) is 20.3 Å². The number of thioether (sulfide) groups is 1. The largest absolute Gasteiger partial charge is 0.371 e. The summed E-state index contributed by atoms with van der Waals surface area (Å²) in [6, 6.07) is 0. The van der Waals surface area contributed by atoms with Crippen molar-refractivity contribution < 1.29 is 18.1 Å². The Labute approximate surface area is 82.5 Å². The van der Waals surface area contributed by atoms with Gasteiger partial charge in [0.25, 0.3) is 10.1 Å². The van der Waals surface area contributed by atoms with Gasteiger partial charge in [0.15, 0.2) is 0 Å². The van der Waals surface area contributed by atoms with Crippen molar-refractivity contribution >= 4 is 21.9 Å². The second-order valence-corrected chi connectivity index (χ2v) is 6.68. The van der Waals surface area contributed by atoms with E-state index >= 15 is 0 Å². The molecular formula is C7H14O4S2. The number of hydrogen-bond donors (Lipinski definition) is 2. The van der Waals surface area contributed by atoms with Crippen molar-refractivity contribution in [1.29, 1.82) is 0 Å². The fourth-order valence-corrected chi connectivity index (χ4v) is 4.46. The van der Waals surface area contributed by atoms with Gasteiger partial charge in [-0.2, -0.15) is 20.2 Å². The molecule has 0 aliphatic carbocycles. The van der Waals surface area contributed by atoms with Crippen LogP contribution in [0.3, 0.4) is 0 Å². The van der Waals surface area contributed by atoms with Crippen LogP contribution in [0.5, 0.6) is 0 Å². The summed E-state index contributed by atoms with van der Waals surface area (Å²) in [5.74, 6) is 0.851. The van der Waals surface area contributed by atoms with Gasteiger partial charge in [-0.15, -0.1) is 0 Å². The second kappa shape index (κ2) is 3.12. The molecule has 4 nitrogen and oxygen atoms in total. The zero-order chi connectivity index (χ0) is 10.3. The fraction of sp³-hybridized carbons (Fsp3) is 1.00. The molecule has 1 aliphatic rings. The van der Waals surface area contributed by atoms with Crippen molar-refractivity contribution in [3.63, 3.8) is 0 Å². The lowest BCUT2D eigenvalue weighted by Gasteiger charge is -2.43. The highest BCUT2D eigenvalue weighted by Gasteiger charge is 2.54. The molecule has 0 bridgehead atoms. The molecule has 2 N–H and O–H groups in total. The van der Waals surface area contributed by atoms with Crippen molar-refractivity contribution in [1.82, 2.24) is 0 Å². The number of aliphatic hydroxyl groups is 1. The molecule has 1 aliphatic heterocycles. The van der Waals surface area contributed by atoms with Gasteiger partial charge in [0.1, 0.15) is 0 Å². The molecule has 0 aromatic carbocycles. The molecule has 0 spiro atoms. The molecule has 0 aromatic rings. The van der Waals surface area contributed by atoms with Gasteiger partial charge in [0, 0.05) is 11.2 Å². The van der Waals surface area contributed by atoms with Crippen LogP contribution in [0.2, 0.25) is 0 Å². The van der Waals surface area contributed by atoms with Crippen molar-refractivity contribution in [3.05, 3.63) is 0 Å². The molecule has 1 rings (SSSR count). The Morgan fingerprint density at radius 3 is 2.23 bits per heavy atom. The molecule has 0 aromatic heterocycles. The van der Waals surface area contributed by atoms with Gasteiger partial charge in [0.05, 0.1) is 0 Å². The van der Waals surface area contributed by atoms with E-state index in [9.17, 15) is 13.5 Å². The van der Waals surface area contributed by atoms with E-state index < -0.39 is 20.5 Å². The maximum atomic E-state index is 11.0. The van der Waals surface area contributed by atoms with E-state index in [0.29, 0.717) is 6.42 Å². The summed E-state index contributed by atoms with van der Waals surface area (Å²) < 4.78 is 31.0. The minimum absolute atomic E-state index is 0.0405. The maximum absolute atomic E-state index is 11.0. The predicted molar refractivity (Wildman–Crippen MR) is 52.2 cm³/mol. The van der Waals surface area contributed by atoms with Gasteiger partial charge in [-0.25, -0.2) is 0 Å². The first-order chi connectivity index (χ1) is 5.71. The first-order valence-corrected chi connectivity index (χ1v) is 6.57. The Hall–Kier alpha value is 0.220. The molecular weight excluding hydrogens is 212 g/mol. The SMILES string of the molecule is CC1(C)CCSCC1(O)S(=O)(=O)O. The fourth-order valence-electron chi connectivity index (χ4n) is 1.35. The topological polar surface area (TPSA) is 74.6 Å². The van der Waals surface area contributed by atoms with E-state index in [0.717, 1.165) is 5.75 Å². The van der Waals surface area contributed by atoms with Gasteiger partial charge in [0.2, 0.25) is 4.93 Å². The smallest absolute Gasteiger partial charge is 0.296 e. The van der Waals surface area contributed by atoms with Gasteiger partial charge in [-0.3, -0.25) is 4.55 Å². The normalized spacial score (nSPS) is 34.5. The Morgan fingerprint density at radius 1 is 1.38 bits per heavy atom. The van der Waals surface area contributed by atoms with Gasteiger partial charge in [-0.1, -0.05) is 13.8 Å². The van der Waals surface area contributed by atoms with E-state index in [2.05, 4.69) is 0 Å². The van der Waals surface area contributed by atoms with Crippen LogP contribution in [-0.2, 0) is 10.1 Å². The van der Waals surface area contributed by atoms with Gasteiger partial charge >= 0.3 is 0 Å². The molecule has 1 unspecified atom stereocenters. The van der Waals surface area contributed by atoms with E-state index in [1.54, 1.807) is 13.8 Å². The lowest BCUT2D eigenvalue weighted by molar-refractivity contribution is 0.0140. The molecule has 6 heteroatoms. The van der Waals surface area contributed by atoms with Crippen LogP contribution in [0.15, 0.2) is 0 Å². The molecule has 0 radical (unpaired) electrons. The summed E-state index contributed by atoms with van der Waals surface area (Å²) >= 11 is 1.34. The van der Waals surface area contributed by atoms with Crippen molar-refractivity contribution in [2.75, 3.05) is 11.5 Å². The van der Waals surface area contributed by atoms with Crippen molar-refractivity contribution in [2.45, 2.75) is 25.2 Å². The lowest BCUT2D eigenvalue weighted by Crippen LogP contribution is -2.55. The van der Waals surface area contributed by atoms with Gasteiger partial charge < -0.3 is 5.11 Å². The first-order valence-electron chi connectivity index (χ1n) is 3.98. The zero-order valence-corrected chi connectivity index (χ0v) is 9.28. The number of rotatable bonds is 1. The monoisotopic (exact) mass is 226 g/mol. The summed E-state index contributed by atoms with van der Waals surface area (Å²) in [7, 11) is -4.40. The third-order valence-electron chi connectivity index (χ3n) is 2.65. The standard InChI is InChI=1S/C7H14O4S2/c1-6(2)3-4-12-5-7(6,8)13(9,10)11/h8H,3-5H2,1-2H3,(H,9,10,11). The van der Waals surface area contributed by atoms with E-state index in [-0.39, 0.29) is 5.75 Å². The third kappa shape index (κ3) is 1.72. The van der Waals surface area contributed by atoms with Gasteiger partial charge in [-0.05, 0) is 12.2 Å². The summed E-state index contributed by atoms with van der Waals surface area (Å²) in [4.78, 5) is -2.00. The Bertz CT molecular complexity index is 296. The van der Waals surface area contributed by atoms with Crippen LogP contribution in [0.4, 0.5) is 0 Å². The second-order valence-electron chi connectivity index (χ2n) is 3.95. The first kappa shape index (κ1) is 11.3. The minimum Gasteiger partial charge on any atom is -0.371 e. The quantitative estimate of drug-likeness (QED) is 0.645. The minimum atomic E-state index is -4.40.